The molecule has 0 atom stereocenters. The molecule has 0 spiro atoms. The Morgan fingerprint density at radius 2 is 2.00 bits per heavy atom. The third-order valence-electron chi connectivity index (χ3n) is 1.06. The molecule has 0 radical (unpaired) electrons. The molecule has 1 aromatic carbocycles. The van der Waals surface area contributed by atoms with Crippen molar-refractivity contribution < 1.29 is 9.50 Å². The lowest BCUT2D eigenvalue weighted by atomic mass is 10.3. The number of nitrogen functional groups attached to an aromatic ring is 1. The number of benzene rings is 1. The molecule has 0 amide bonds. The zero-order chi connectivity index (χ0) is 7.72. The van der Waals surface area contributed by atoms with Gasteiger partial charge in [-0.2, -0.15) is 0 Å². The third kappa shape index (κ3) is 2.08. The standard InChI is InChI=1S/C6H5BrFNO.CH4/c7-3-1-4(8)6(10)5(9)2-3;/h1-2,10H,9H2;1H4. The maximum absolute atomic E-state index is 12.5. The van der Waals surface area contributed by atoms with Gasteiger partial charge >= 0.3 is 0 Å². The summed E-state index contributed by atoms with van der Waals surface area (Å²) in [6, 6.07) is 2.57. The van der Waals surface area contributed by atoms with E-state index in [0.717, 1.165) is 6.07 Å². The van der Waals surface area contributed by atoms with E-state index in [0.29, 0.717) is 4.47 Å². The van der Waals surface area contributed by atoms with Gasteiger partial charge in [-0.15, -0.1) is 0 Å². The molecule has 0 aromatic heterocycles. The SMILES string of the molecule is C.Nc1cc(Br)cc(F)c1O. The summed E-state index contributed by atoms with van der Waals surface area (Å²) in [6.45, 7) is 0. The molecule has 62 valence electrons. The van der Waals surface area contributed by atoms with E-state index in [4.69, 9.17) is 10.8 Å². The summed E-state index contributed by atoms with van der Waals surface area (Å²) >= 11 is 3.02. The molecule has 0 saturated carbocycles. The molecule has 0 fully saturated rings. The number of halogens is 2. The van der Waals surface area contributed by atoms with Crippen molar-refractivity contribution in [2.75, 3.05) is 5.73 Å². The van der Waals surface area contributed by atoms with E-state index in [1.807, 2.05) is 0 Å². The van der Waals surface area contributed by atoms with Gasteiger partial charge in [-0.25, -0.2) is 4.39 Å². The first-order valence-corrected chi connectivity index (χ1v) is 3.34. The number of phenolic OH excluding ortho intramolecular Hbond substituents is 1. The number of rotatable bonds is 0. The fourth-order valence-corrected chi connectivity index (χ4v) is 1.03. The molecule has 1 aromatic rings. The zero-order valence-corrected chi connectivity index (χ0v) is 6.52. The van der Waals surface area contributed by atoms with Crippen molar-refractivity contribution in [2.24, 2.45) is 0 Å². The monoisotopic (exact) mass is 221 g/mol. The van der Waals surface area contributed by atoms with Crippen LogP contribution in [0.3, 0.4) is 0 Å². The molecule has 11 heavy (non-hydrogen) atoms. The molecule has 0 aliphatic carbocycles. The summed E-state index contributed by atoms with van der Waals surface area (Å²) in [6.07, 6.45) is 0. The van der Waals surface area contributed by atoms with Crippen molar-refractivity contribution in [3.05, 3.63) is 22.4 Å². The van der Waals surface area contributed by atoms with Crippen LogP contribution < -0.4 is 5.73 Å². The molecular formula is C7H9BrFNO. The fourth-order valence-electron chi connectivity index (χ4n) is 0.586. The minimum atomic E-state index is -0.716. The van der Waals surface area contributed by atoms with Gasteiger partial charge in [0, 0.05) is 4.47 Å². The highest BCUT2D eigenvalue weighted by molar-refractivity contribution is 9.10. The highest BCUT2D eigenvalue weighted by Crippen LogP contribution is 2.27. The van der Waals surface area contributed by atoms with Gasteiger partial charge in [0.15, 0.2) is 11.6 Å². The Hall–Kier alpha value is -0.770. The molecule has 3 N–H and O–H groups in total. The lowest BCUT2D eigenvalue weighted by Crippen LogP contribution is -1.87. The van der Waals surface area contributed by atoms with Crippen LogP contribution in [0.1, 0.15) is 7.43 Å². The summed E-state index contributed by atoms with van der Waals surface area (Å²) in [7, 11) is 0. The largest absolute Gasteiger partial charge is 0.503 e. The van der Waals surface area contributed by atoms with Crippen molar-refractivity contribution in [3.8, 4) is 5.75 Å². The van der Waals surface area contributed by atoms with E-state index in [9.17, 15) is 4.39 Å². The van der Waals surface area contributed by atoms with Gasteiger partial charge in [-0.3, -0.25) is 0 Å². The Bertz CT molecular complexity index is 242. The van der Waals surface area contributed by atoms with E-state index in [1.165, 1.54) is 6.07 Å². The molecule has 2 nitrogen and oxygen atoms in total. The van der Waals surface area contributed by atoms with Crippen LogP contribution in [0.25, 0.3) is 0 Å². The zero-order valence-electron chi connectivity index (χ0n) is 4.94. The summed E-state index contributed by atoms with van der Waals surface area (Å²) in [5.74, 6) is -1.21. The minimum Gasteiger partial charge on any atom is -0.503 e. The van der Waals surface area contributed by atoms with E-state index in [2.05, 4.69) is 15.9 Å². The van der Waals surface area contributed by atoms with Gasteiger partial charge < -0.3 is 10.8 Å². The molecular weight excluding hydrogens is 213 g/mol. The lowest BCUT2D eigenvalue weighted by Gasteiger charge is -1.99. The number of aromatic hydroxyl groups is 1. The molecule has 0 heterocycles. The summed E-state index contributed by atoms with van der Waals surface area (Å²) in [5.41, 5.74) is 5.24. The minimum absolute atomic E-state index is 0. The Balaban J connectivity index is 0.000001000. The van der Waals surface area contributed by atoms with Crippen LogP contribution in [-0.4, -0.2) is 5.11 Å². The Kier molecular flexibility index (Phi) is 3.32. The van der Waals surface area contributed by atoms with E-state index in [-0.39, 0.29) is 13.1 Å². The molecule has 4 heteroatoms. The number of nitrogens with two attached hydrogens (primary N) is 1. The number of hydrogen-bond acceptors (Lipinski definition) is 2. The second kappa shape index (κ2) is 3.57. The maximum Gasteiger partial charge on any atom is 0.174 e. The summed E-state index contributed by atoms with van der Waals surface area (Å²) in [5, 5.41) is 8.81. The van der Waals surface area contributed by atoms with Crippen LogP contribution in [-0.2, 0) is 0 Å². The van der Waals surface area contributed by atoms with Gasteiger partial charge in [0.05, 0.1) is 5.69 Å². The van der Waals surface area contributed by atoms with Crippen molar-refractivity contribution in [2.45, 2.75) is 7.43 Å². The number of hydrogen-bond donors (Lipinski definition) is 2. The number of phenols is 1. The number of anilines is 1. The van der Waals surface area contributed by atoms with Crippen molar-refractivity contribution >= 4 is 21.6 Å². The maximum atomic E-state index is 12.5. The van der Waals surface area contributed by atoms with Gasteiger partial charge in [-0.05, 0) is 12.1 Å². The highest BCUT2D eigenvalue weighted by atomic mass is 79.9. The van der Waals surface area contributed by atoms with Gasteiger partial charge in [-0.1, -0.05) is 23.4 Å². The van der Waals surface area contributed by atoms with Crippen molar-refractivity contribution in [1.82, 2.24) is 0 Å². The first kappa shape index (κ1) is 10.2. The van der Waals surface area contributed by atoms with Crippen LogP contribution >= 0.6 is 15.9 Å². The van der Waals surface area contributed by atoms with Crippen LogP contribution in [0.4, 0.5) is 10.1 Å². The molecule has 0 bridgehead atoms. The fraction of sp³-hybridized carbons (Fsp3) is 0.143. The van der Waals surface area contributed by atoms with Gasteiger partial charge in [0.1, 0.15) is 0 Å². The normalized spacial score (nSPS) is 8.91. The summed E-state index contributed by atoms with van der Waals surface area (Å²) < 4.78 is 13.0. The second-order valence-corrected chi connectivity index (χ2v) is 2.74. The van der Waals surface area contributed by atoms with Crippen LogP contribution in [0.15, 0.2) is 16.6 Å². The molecule has 0 saturated heterocycles. The highest BCUT2D eigenvalue weighted by Gasteiger charge is 2.04. The van der Waals surface area contributed by atoms with E-state index in [1.54, 1.807) is 0 Å². The predicted molar refractivity (Wildman–Crippen MR) is 46.9 cm³/mol. The Labute approximate surface area is 73.0 Å². The van der Waals surface area contributed by atoms with Crippen LogP contribution in [0.5, 0.6) is 5.75 Å². The van der Waals surface area contributed by atoms with Crippen LogP contribution in [0.2, 0.25) is 0 Å². The third-order valence-corrected chi connectivity index (χ3v) is 1.52. The molecule has 0 aliphatic rings. The van der Waals surface area contributed by atoms with E-state index >= 15 is 0 Å². The van der Waals surface area contributed by atoms with Crippen molar-refractivity contribution in [3.63, 3.8) is 0 Å². The second-order valence-electron chi connectivity index (χ2n) is 1.83. The predicted octanol–water partition coefficient (Wildman–Crippen LogP) is 2.51. The lowest BCUT2D eigenvalue weighted by molar-refractivity contribution is 0.435. The van der Waals surface area contributed by atoms with E-state index < -0.39 is 11.6 Å². The Morgan fingerprint density at radius 3 is 2.45 bits per heavy atom. The average Bonchev–Trinajstić information content (AvgIpc) is 1.82. The summed E-state index contributed by atoms with van der Waals surface area (Å²) in [4.78, 5) is 0. The van der Waals surface area contributed by atoms with Crippen molar-refractivity contribution in [1.29, 1.82) is 0 Å². The first-order chi connectivity index (χ1) is 4.61. The molecule has 1 rings (SSSR count). The average molecular weight is 222 g/mol. The molecule has 0 aliphatic heterocycles. The van der Waals surface area contributed by atoms with Gasteiger partial charge in [0.2, 0.25) is 0 Å². The first-order valence-electron chi connectivity index (χ1n) is 2.54. The smallest absolute Gasteiger partial charge is 0.174 e. The quantitative estimate of drug-likeness (QED) is 0.523. The van der Waals surface area contributed by atoms with Gasteiger partial charge in [0.25, 0.3) is 0 Å². The molecule has 0 unspecified atom stereocenters. The topological polar surface area (TPSA) is 46.2 Å². The van der Waals surface area contributed by atoms with Crippen LogP contribution in [0, 0.1) is 5.82 Å². The Morgan fingerprint density at radius 1 is 1.45 bits per heavy atom.